The van der Waals surface area contributed by atoms with Crippen molar-refractivity contribution in [1.29, 1.82) is 0 Å². The fourth-order valence-corrected chi connectivity index (χ4v) is 3.89. The molecule has 0 radical (unpaired) electrons. The second-order valence-electron chi connectivity index (χ2n) is 6.13. The van der Waals surface area contributed by atoms with Crippen LogP contribution in [0.3, 0.4) is 0 Å². The van der Waals surface area contributed by atoms with Gasteiger partial charge >= 0.3 is 0 Å². The predicted molar refractivity (Wildman–Crippen MR) is 104 cm³/mol. The first-order valence-electron chi connectivity index (χ1n) is 8.16. The van der Waals surface area contributed by atoms with Crippen molar-refractivity contribution < 1.29 is 4.79 Å². The number of carbonyl (C=O) groups excluding carboxylic acids is 1. The van der Waals surface area contributed by atoms with Crippen molar-refractivity contribution in [3.05, 3.63) is 64.8 Å². The van der Waals surface area contributed by atoms with Crippen LogP contribution in [-0.4, -0.2) is 20.4 Å². The van der Waals surface area contributed by atoms with Gasteiger partial charge in [-0.25, -0.2) is 9.97 Å². The van der Waals surface area contributed by atoms with Gasteiger partial charge in [-0.2, -0.15) is 0 Å². The zero-order valence-electron chi connectivity index (χ0n) is 14.3. The Morgan fingerprint density at radius 1 is 1.23 bits per heavy atom. The Balaban J connectivity index is 1.71. The number of anilines is 1. The van der Waals surface area contributed by atoms with E-state index in [1.807, 2.05) is 43.3 Å². The highest BCUT2D eigenvalue weighted by molar-refractivity contribution is 7.25. The molecule has 0 bridgehead atoms. The maximum absolute atomic E-state index is 12.9. The van der Waals surface area contributed by atoms with Gasteiger partial charge < -0.3 is 5.32 Å². The number of nitrogens with one attached hydrogen (secondary N) is 1. The number of rotatable bonds is 3. The molecule has 0 spiro atoms. The lowest BCUT2D eigenvalue weighted by Gasteiger charge is -2.15. The summed E-state index contributed by atoms with van der Waals surface area (Å²) in [7, 11) is 0. The smallest absolute Gasteiger partial charge is 0.272 e. The molecule has 1 aromatic carbocycles. The van der Waals surface area contributed by atoms with Crippen LogP contribution in [0.1, 0.15) is 18.5 Å². The summed E-state index contributed by atoms with van der Waals surface area (Å²) in [6.45, 7) is 3.64. The zero-order chi connectivity index (χ0) is 18.3. The molecule has 0 saturated carbocycles. The molecule has 130 valence electrons. The summed E-state index contributed by atoms with van der Waals surface area (Å²) in [6, 6.07) is 10.6. The van der Waals surface area contributed by atoms with Crippen LogP contribution in [0.2, 0.25) is 0 Å². The van der Waals surface area contributed by atoms with Gasteiger partial charge in [-0.1, -0.05) is 12.1 Å². The molecule has 1 N–H and O–H groups in total. The van der Waals surface area contributed by atoms with Crippen LogP contribution in [0.15, 0.2) is 53.7 Å². The van der Waals surface area contributed by atoms with Gasteiger partial charge in [0, 0.05) is 17.3 Å². The lowest BCUT2D eigenvalue weighted by molar-refractivity contribution is -0.118. The van der Waals surface area contributed by atoms with E-state index >= 15 is 0 Å². The molecule has 1 atom stereocenters. The molecule has 1 amide bonds. The van der Waals surface area contributed by atoms with Crippen molar-refractivity contribution in [1.82, 2.24) is 14.5 Å². The van der Waals surface area contributed by atoms with Gasteiger partial charge in [-0.15, -0.1) is 11.3 Å². The van der Waals surface area contributed by atoms with Crippen LogP contribution in [0.4, 0.5) is 5.69 Å². The molecule has 7 heteroatoms. The van der Waals surface area contributed by atoms with E-state index in [4.69, 9.17) is 0 Å². The Morgan fingerprint density at radius 3 is 2.88 bits per heavy atom. The van der Waals surface area contributed by atoms with Crippen LogP contribution >= 0.6 is 11.3 Å². The molecule has 0 aliphatic rings. The summed E-state index contributed by atoms with van der Waals surface area (Å²) < 4.78 is 1.87. The van der Waals surface area contributed by atoms with Crippen molar-refractivity contribution in [2.24, 2.45) is 0 Å². The number of hydrogen-bond donors (Lipinski definition) is 1. The van der Waals surface area contributed by atoms with Crippen molar-refractivity contribution in [2.75, 3.05) is 5.32 Å². The highest BCUT2D eigenvalue weighted by Crippen LogP contribution is 2.28. The zero-order valence-corrected chi connectivity index (χ0v) is 15.1. The van der Waals surface area contributed by atoms with Gasteiger partial charge in [0.15, 0.2) is 0 Å². The minimum Gasteiger partial charge on any atom is -0.324 e. The highest BCUT2D eigenvalue weighted by Gasteiger charge is 2.20. The molecule has 0 aliphatic carbocycles. The number of aryl methyl sites for hydroxylation is 1. The van der Waals surface area contributed by atoms with E-state index < -0.39 is 6.04 Å². The van der Waals surface area contributed by atoms with Gasteiger partial charge in [0.05, 0.1) is 11.8 Å². The van der Waals surface area contributed by atoms with Crippen LogP contribution in [-0.2, 0) is 4.79 Å². The van der Waals surface area contributed by atoms with Gasteiger partial charge in [0.2, 0.25) is 5.91 Å². The number of fused-ring (bicyclic) bond motifs is 3. The SMILES string of the molecule is Cc1cccc(NC(=O)[C@@H](C)n2cnc3c(sc4ncccc43)c2=O)c1. The number of pyridine rings is 1. The minimum absolute atomic E-state index is 0.232. The standard InChI is InChI=1S/C19H16N4O2S/c1-11-5-3-6-13(9-11)22-17(24)12(2)23-10-21-15-14-7-4-8-20-18(14)26-16(15)19(23)25/h3-10,12H,1-2H3,(H,22,24)/t12-/m1/s1. The second kappa shape index (κ2) is 6.34. The lowest BCUT2D eigenvalue weighted by Crippen LogP contribution is -2.31. The van der Waals surface area contributed by atoms with Crippen molar-refractivity contribution in [2.45, 2.75) is 19.9 Å². The van der Waals surface area contributed by atoms with Crippen molar-refractivity contribution >= 4 is 43.4 Å². The number of nitrogens with zero attached hydrogens (tertiary/aromatic N) is 3. The van der Waals surface area contributed by atoms with Gasteiger partial charge in [0.25, 0.3) is 5.56 Å². The molecule has 6 nitrogen and oxygen atoms in total. The first-order chi connectivity index (χ1) is 12.5. The van der Waals surface area contributed by atoms with Gasteiger partial charge in [-0.3, -0.25) is 14.2 Å². The minimum atomic E-state index is -0.682. The van der Waals surface area contributed by atoms with Crippen LogP contribution in [0.5, 0.6) is 0 Å². The average molecular weight is 364 g/mol. The molecular formula is C19H16N4O2S. The third-order valence-electron chi connectivity index (χ3n) is 4.26. The third kappa shape index (κ3) is 2.76. The second-order valence-corrected chi connectivity index (χ2v) is 7.13. The molecule has 4 aromatic rings. The van der Waals surface area contributed by atoms with Crippen LogP contribution in [0, 0.1) is 6.92 Å². The number of benzene rings is 1. The number of thiophene rings is 1. The fourth-order valence-electron chi connectivity index (χ4n) is 2.85. The lowest BCUT2D eigenvalue weighted by atomic mass is 10.2. The van der Waals surface area contributed by atoms with E-state index in [1.165, 1.54) is 22.2 Å². The Hall–Kier alpha value is -3.06. The van der Waals surface area contributed by atoms with Crippen LogP contribution < -0.4 is 10.9 Å². The Kier molecular flexibility index (Phi) is 4.00. The number of aromatic nitrogens is 3. The summed E-state index contributed by atoms with van der Waals surface area (Å²) in [5, 5.41) is 3.70. The third-order valence-corrected chi connectivity index (χ3v) is 5.35. The summed E-state index contributed by atoms with van der Waals surface area (Å²) in [6.07, 6.45) is 3.12. The molecule has 3 aromatic heterocycles. The van der Waals surface area contributed by atoms with E-state index in [1.54, 1.807) is 13.1 Å². The maximum Gasteiger partial charge on any atom is 0.272 e. The summed E-state index contributed by atoms with van der Waals surface area (Å²) >= 11 is 1.30. The van der Waals surface area contributed by atoms with Crippen molar-refractivity contribution in [3.8, 4) is 0 Å². The first kappa shape index (κ1) is 16.4. The quantitative estimate of drug-likeness (QED) is 0.603. The predicted octanol–water partition coefficient (Wildman–Crippen LogP) is 3.51. The molecule has 4 rings (SSSR count). The van der Waals surface area contributed by atoms with Gasteiger partial charge in [0.1, 0.15) is 15.6 Å². The molecule has 0 saturated heterocycles. The van der Waals surface area contributed by atoms with E-state index in [0.717, 1.165) is 15.8 Å². The Bertz CT molecular complexity index is 1200. The Labute approximate surface area is 153 Å². The molecule has 0 fully saturated rings. The normalized spacial score (nSPS) is 12.4. The average Bonchev–Trinajstić information content (AvgIpc) is 3.01. The molecule has 0 aliphatic heterocycles. The summed E-state index contributed by atoms with van der Waals surface area (Å²) in [5.74, 6) is -0.266. The Morgan fingerprint density at radius 2 is 2.08 bits per heavy atom. The highest BCUT2D eigenvalue weighted by atomic mass is 32.1. The summed E-state index contributed by atoms with van der Waals surface area (Å²) in [4.78, 5) is 34.9. The van der Waals surface area contributed by atoms with Crippen molar-refractivity contribution in [3.63, 3.8) is 0 Å². The number of hydrogen-bond acceptors (Lipinski definition) is 5. The maximum atomic E-state index is 12.9. The van der Waals surface area contributed by atoms with E-state index in [-0.39, 0.29) is 11.5 Å². The number of carbonyl (C=O) groups is 1. The summed E-state index contributed by atoms with van der Waals surface area (Å²) in [5.41, 5.74) is 2.15. The molecular weight excluding hydrogens is 348 g/mol. The van der Waals surface area contributed by atoms with Crippen LogP contribution in [0.25, 0.3) is 20.4 Å². The first-order valence-corrected chi connectivity index (χ1v) is 8.98. The van der Waals surface area contributed by atoms with Gasteiger partial charge in [-0.05, 0) is 43.7 Å². The number of amides is 1. The van der Waals surface area contributed by atoms with E-state index in [2.05, 4.69) is 15.3 Å². The topological polar surface area (TPSA) is 76.9 Å². The largest absolute Gasteiger partial charge is 0.324 e. The van der Waals surface area contributed by atoms with E-state index in [9.17, 15) is 9.59 Å². The molecule has 0 unspecified atom stereocenters. The van der Waals surface area contributed by atoms with E-state index in [0.29, 0.717) is 15.9 Å². The monoisotopic (exact) mass is 364 g/mol. The molecule has 26 heavy (non-hydrogen) atoms. The molecule has 3 heterocycles. The fraction of sp³-hybridized carbons (Fsp3) is 0.158.